The van der Waals surface area contributed by atoms with E-state index in [9.17, 15) is 0 Å². The molecule has 1 aliphatic carbocycles. The molecule has 0 spiro atoms. The van der Waals surface area contributed by atoms with E-state index in [4.69, 9.17) is 4.42 Å². The van der Waals surface area contributed by atoms with Gasteiger partial charge in [-0.15, -0.1) is 0 Å². The minimum absolute atomic E-state index is 0.0602. The minimum Gasteiger partial charge on any atom is -0.456 e. The predicted octanol–water partition coefficient (Wildman–Crippen LogP) is 13.8. The standard InChI is InChI=1S/C50H42O/c1-3-32-50(4-2)44-20-10-8-17-41(44)48-39(16-12-21-45(48)50)33-43(40-19-13-23-47-49(40)42-18-9-11-22-46(42)51-47)38-30-28-37(29-31-38)36-26-24-35(25-27-36)34-14-6-5-7-15-34/h5-31,43H,3-4,32-33H2,1-2H3. The second-order valence-corrected chi connectivity index (χ2v) is 14.2. The molecule has 248 valence electrons. The lowest BCUT2D eigenvalue weighted by molar-refractivity contribution is 0.460. The van der Waals surface area contributed by atoms with Gasteiger partial charge >= 0.3 is 0 Å². The SMILES string of the molecule is CCCC1(CC)c2ccccc2-c2c(CC(c3ccc(-c4ccc(-c5ccccc5)cc4)cc3)c3cccc4oc5ccccc5c34)cccc21. The molecule has 9 rings (SSSR count). The summed E-state index contributed by atoms with van der Waals surface area (Å²) in [6, 6.07) is 60.3. The van der Waals surface area contributed by atoms with E-state index in [-0.39, 0.29) is 11.3 Å². The van der Waals surface area contributed by atoms with Crippen molar-refractivity contribution < 1.29 is 4.42 Å². The number of hydrogen-bond donors (Lipinski definition) is 0. The summed E-state index contributed by atoms with van der Waals surface area (Å²) >= 11 is 0. The van der Waals surface area contributed by atoms with Crippen LogP contribution in [0.4, 0.5) is 0 Å². The highest BCUT2D eigenvalue weighted by Gasteiger charge is 2.42. The molecule has 1 nitrogen and oxygen atoms in total. The molecule has 0 N–H and O–H groups in total. The Kier molecular flexibility index (Phi) is 7.93. The molecular weight excluding hydrogens is 617 g/mol. The van der Waals surface area contributed by atoms with Crippen LogP contribution in [0.25, 0.3) is 55.3 Å². The second kappa shape index (κ2) is 12.9. The minimum atomic E-state index is 0.0602. The van der Waals surface area contributed by atoms with Crippen LogP contribution in [-0.4, -0.2) is 0 Å². The third-order valence-corrected chi connectivity index (χ3v) is 11.5. The zero-order chi connectivity index (χ0) is 34.4. The van der Waals surface area contributed by atoms with Crippen LogP contribution in [0, 0.1) is 0 Å². The van der Waals surface area contributed by atoms with Crippen molar-refractivity contribution in [3.63, 3.8) is 0 Å². The fourth-order valence-corrected chi connectivity index (χ4v) is 9.12. The van der Waals surface area contributed by atoms with Crippen molar-refractivity contribution in [2.24, 2.45) is 0 Å². The van der Waals surface area contributed by atoms with E-state index in [1.54, 1.807) is 0 Å². The number of benzene rings is 7. The van der Waals surface area contributed by atoms with Gasteiger partial charge in [0.1, 0.15) is 11.2 Å². The Hall–Kier alpha value is -5.66. The van der Waals surface area contributed by atoms with Crippen molar-refractivity contribution in [1.29, 1.82) is 0 Å². The summed E-state index contributed by atoms with van der Waals surface area (Å²) in [5.74, 6) is 0.130. The van der Waals surface area contributed by atoms with Gasteiger partial charge in [-0.2, -0.15) is 0 Å². The maximum Gasteiger partial charge on any atom is 0.135 e. The lowest BCUT2D eigenvalue weighted by atomic mass is 9.72. The van der Waals surface area contributed by atoms with Gasteiger partial charge in [-0.25, -0.2) is 0 Å². The van der Waals surface area contributed by atoms with Crippen molar-refractivity contribution >= 4 is 21.9 Å². The third kappa shape index (κ3) is 5.23. The third-order valence-electron chi connectivity index (χ3n) is 11.5. The molecule has 0 fully saturated rings. The molecule has 0 saturated carbocycles. The first kappa shape index (κ1) is 31.3. The summed E-state index contributed by atoms with van der Waals surface area (Å²) in [6.07, 6.45) is 4.32. The molecule has 8 aromatic rings. The number of fused-ring (bicyclic) bond motifs is 6. The number of para-hydroxylation sites is 1. The Bertz CT molecular complexity index is 2480. The summed E-state index contributed by atoms with van der Waals surface area (Å²) in [5, 5.41) is 2.40. The van der Waals surface area contributed by atoms with Crippen LogP contribution < -0.4 is 0 Å². The van der Waals surface area contributed by atoms with Gasteiger partial charge in [0.2, 0.25) is 0 Å². The van der Waals surface area contributed by atoms with Gasteiger partial charge in [0.25, 0.3) is 0 Å². The van der Waals surface area contributed by atoms with Gasteiger partial charge in [0.15, 0.2) is 0 Å². The maximum atomic E-state index is 6.44. The van der Waals surface area contributed by atoms with Crippen molar-refractivity contribution in [2.45, 2.75) is 50.9 Å². The first-order valence-electron chi connectivity index (χ1n) is 18.6. The highest BCUT2D eigenvalue weighted by molar-refractivity contribution is 6.07. The van der Waals surface area contributed by atoms with E-state index >= 15 is 0 Å². The molecular formula is C50H42O. The predicted molar refractivity (Wildman–Crippen MR) is 214 cm³/mol. The van der Waals surface area contributed by atoms with Crippen LogP contribution in [0.5, 0.6) is 0 Å². The van der Waals surface area contributed by atoms with E-state index in [0.29, 0.717) is 0 Å². The van der Waals surface area contributed by atoms with Crippen molar-refractivity contribution in [3.8, 4) is 33.4 Å². The number of rotatable bonds is 9. The fraction of sp³-hybridized carbons (Fsp3) is 0.160. The summed E-state index contributed by atoms with van der Waals surface area (Å²) < 4.78 is 6.44. The number of hydrogen-bond acceptors (Lipinski definition) is 1. The first-order valence-corrected chi connectivity index (χ1v) is 18.6. The quantitative estimate of drug-likeness (QED) is 0.150. The first-order chi connectivity index (χ1) is 25.2. The van der Waals surface area contributed by atoms with Crippen molar-refractivity contribution in [3.05, 3.63) is 192 Å². The lowest BCUT2D eigenvalue weighted by Crippen LogP contribution is -2.24. The summed E-state index contributed by atoms with van der Waals surface area (Å²) in [6.45, 7) is 4.70. The van der Waals surface area contributed by atoms with Crippen LogP contribution >= 0.6 is 0 Å². The largest absolute Gasteiger partial charge is 0.456 e. The van der Waals surface area contributed by atoms with Gasteiger partial charge in [0, 0.05) is 22.1 Å². The van der Waals surface area contributed by atoms with Crippen LogP contribution in [0.1, 0.15) is 66.8 Å². The normalized spacial score (nSPS) is 15.6. The molecule has 2 atom stereocenters. The van der Waals surface area contributed by atoms with Crippen LogP contribution in [0.3, 0.4) is 0 Å². The van der Waals surface area contributed by atoms with Crippen LogP contribution in [0.15, 0.2) is 168 Å². The Labute approximate surface area is 301 Å². The van der Waals surface area contributed by atoms with E-state index in [1.807, 2.05) is 0 Å². The molecule has 0 amide bonds. The van der Waals surface area contributed by atoms with Gasteiger partial charge in [-0.05, 0) is 92.6 Å². The lowest BCUT2D eigenvalue weighted by Gasteiger charge is -2.31. The highest BCUT2D eigenvalue weighted by Crippen LogP contribution is 2.55. The van der Waals surface area contributed by atoms with Crippen molar-refractivity contribution in [2.75, 3.05) is 0 Å². The molecule has 1 aromatic heterocycles. The molecule has 7 aromatic carbocycles. The Morgan fingerprint density at radius 3 is 1.88 bits per heavy atom. The molecule has 0 aliphatic heterocycles. The fourth-order valence-electron chi connectivity index (χ4n) is 9.12. The second-order valence-electron chi connectivity index (χ2n) is 14.2. The maximum absolute atomic E-state index is 6.44. The molecule has 0 radical (unpaired) electrons. The zero-order valence-electron chi connectivity index (χ0n) is 29.4. The molecule has 0 saturated heterocycles. The zero-order valence-corrected chi connectivity index (χ0v) is 29.4. The number of furan rings is 1. The topological polar surface area (TPSA) is 13.1 Å². The molecule has 51 heavy (non-hydrogen) atoms. The average molecular weight is 659 g/mol. The van der Waals surface area contributed by atoms with E-state index in [0.717, 1.165) is 36.8 Å². The Morgan fingerprint density at radius 1 is 0.529 bits per heavy atom. The molecule has 1 heterocycles. The molecule has 0 bridgehead atoms. The van der Waals surface area contributed by atoms with Crippen LogP contribution in [-0.2, 0) is 11.8 Å². The van der Waals surface area contributed by atoms with E-state index < -0.39 is 0 Å². The van der Waals surface area contributed by atoms with E-state index in [1.165, 1.54) is 72.0 Å². The molecule has 2 unspecified atom stereocenters. The van der Waals surface area contributed by atoms with Crippen molar-refractivity contribution in [1.82, 2.24) is 0 Å². The summed E-state index contributed by atoms with van der Waals surface area (Å²) in [7, 11) is 0. The smallest absolute Gasteiger partial charge is 0.135 e. The highest BCUT2D eigenvalue weighted by atomic mass is 16.3. The van der Waals surface area contributed by atoms with Gasteiger partial charge in [-0.3, -0.25) is 0 Å². The molecule has 1 aliphatic rings. The van der Waals surface area contributed by atoms with Gasteiger partial charge in [0.05, 0.1) is 0 Å². The monoisotopic (exact) mass is 658 g/mol. The van der Waals surface area contributed by atoms with Gasteiger partial charge < -0.3 is 4.42 Å². The Morgan fingerprint density at radius 2 is 1.14 bits per heavy atom. The van der Waals surface area contributed by atoms with Gasteiger partial charge in [-0.1, -0.05) is 172 Å². The summed E-state index contributed by atoms with van der Waals surface area (Å²) in [4.78, 5) is 0. The Balaban J connectivity index is 1.17. The molecule has 1 heteroatoms. The summed E-state index contributed by atoms with van der Waals surface area (Å²) in [5.41, 5.74) is 16.8. The van der Waals surface area contributed by atoms with Crippen LogP contribution in [0.2, 0.25) is 0 Å². The van der Waals surface area contributed by atoms with E-state index in [2.05, 4.69) is 178 Å². The average Bonchev–Trinajstić information content (AvgIpc) is 3.72.